The SMILES string of the molecule is Cc1cc(C)c(O)c(C(=O)/C=C/N(C)N)c1. The molecule has 16 heavy (non-hydrogen) atoms. The maximum atomic E-state index is 11.7. The van der Waals surface area contributed by atoms with Crippen molar-refractivity contribution in [2.45, 2.75) is 13.8 Å². The summed E-state index contributed by atoms with van der Waals surface area (Å²) in [5.41, 5.74) is 1.93. The van der Waals surface area contributed by atoms with E-state index in [0.29, 0.717) is 11.1 Å². The number of aryl methyl sites for hydroxylation is 2. The Morgan fingerprint density at radius 1 is 1.44 bits per heavy atom. The van der Waals surface area contributed by atoms with Crippen LogP contribution in [0.15, 0.2) is 24.4 Å². The lowest BCUT2D eigenvalue weighted by atomic mass is 10.0. The van der Waals surface area contributed by atoms with E-state index in [9.17, 15) is 9.90 Å². The average Bonchev–Trinajstić information content (AvgIpc) is 2.19. The lowest BCUT2D eigenvalue weighted by Crippen LogP contribution is -2.18. The predicted octanol–water partition coefficient (Wildman–Crippen LogP) is 1.51. The number of aromatic hydroxyl groups is 1. The Kier molecular flexibility index (Phi) is 3.68. The molecule has 0 unspecified atom stereocenters. The largest absolute Gasteiger partial charge is 0.507 e. The number of ketones is 1. The first-order valence-electron chi connectivity index (χ1n) is 4.92. The molecule has 1 rings (SSSR count). The minimum absolute atomic E-state index is 0.0277. The van der Waals surface area contributed by atoms with Crippen molar-refractivity contribution in [2.75, 3.05) is 7.05 Å². The van der Waals surface area contributed by atoms with Crippen molar-refractivity contribution in [1.82, 2.24) is 5.01 Å². The van der Waals surface area contributed by atoms with Crippen LogP contribution >= 0.6 is 0 Å². The second-order valence-corrected chi connectivity index (χ2v) is 3.82. The first-order valence-corrected chi connectivity index (χ1v) is 4.92. The quantitative estimate of drug-likeness (QED) is 0.351. The van der Waals surface area contributed by atoms with E-state index < -0.39 is 0 Å². The van der Waals surface area contributed by atoms with Crippen LogP contribution < -0.4 is 5.84 Å². The van der Waals surface area contributed by atoms with Crippen LogP contribution in [0.4, 0.5) is 0 Å². The van der Waals surface area contributed by atoms with Gasteiger partial charge in [-0.25, -0.2) is 5.84 Å². The smallest absolute Gasteiger partial charge is 0.191 e. The number of hydrogen-bond acceptors (Lipinski definition) is 4. The molecule has 4 nitrogen and oxygen atoms in total. The summed E-state index contributed by atoms with van der Waals surface area (Å²) in [6.45, 7) is 3.64. The van der Waals surface area contributed by atoms with E-state index >= 15 is 0 Å². The van der Waals surface area contributed by atoms with Gasteiger partial charge in [-0.05, 0) is 31.0 Å². The number of hydrazine groups is 1. The summed E-state index contributed by atoms with van der Waals surface area (Å²) in [5.74, 6) is 5.11. The van der Waals surface area contributed by atoms with E-state index in [2.05, 4.69) is 0 Å². The summed E-state index contributed by atoms with van der Waals surface area (Å²) in [6.07, 6.45) is 2.77. The van der Waals surface area contributed by atoms with E-state index in [-0.39, 0.29) is 11.5 Å². The number of phenolic OH excluding ortho intramolecular Hbond substituents is 1. The third-order valence-electron chi connectivity index (χ3n) is 2.17. The topological polar surface area (TPSA) is 66.6 Å². The first kappa shape index (κ1) is 12.3. The van der Waals surface area contributed by atoms with Crippen LogP contribution in [0.5, 0.6) is 5.75 Å². The average molecular weight is 220 g/mol. The third-order valence-corrected chi connectivity index (χ3v) is 2.17. The molecule has 0 amide bonds. The number of nitrogens with two attached hydrogens (primary N) is 1. The second kappa shape index (κ2) is 4.81. The summed E-state index contributed by atoms with van der Waals surface area (Å²) in [5, 5.41) is 11.0. The van der Waals surface area contributed by atoms with Gasteiger partial charge in [0.2, 0.25) is 0 Å². The van der Waals surface area contributed by atoms with Crippen molar-refractivity contribution < 1.29 is 9.90 Å². The fraction of sp³-hybridized carbons (Fsp3) is 0.250. The number of benzene rings is 1. The van der Waals surface area contributed by atoms with E-state index in [0.717, 1.165) is 5.56 Å². The van der Waals surface area contributed by atoms with Crippen molar-refractivity contribution in [3.8, 4) is 5.75 Å². The second-order valence-electron chi connectivity index (χ2n) is 3.82. The molecular formula is C12H16N2O2. The summed E-state index contributed by atoms with van der Waals surface area (Å²) >= 11 is 0. The molecule has 0 bridgehead atoms. The molecule has 0 saturated carbocycles. The lowest BCUT2D eigenvalue weighted by molar-refractivity contribution is 0.104. The van der Waals surface area contributed by atoms with Gasteiger partial charge in [0.05, 0.1) is 5.56 Å². The molecule has 4 heteroatoms. The Morgan fingerprint density at radius 2 is 2.06 bits per heavy atom. The number of carbonyl (C=O) groups is 1. The number of hydrogen-bond donors (Lipinski definition) is 2. The highest BCUT2D eigenvalue weighted by Gasteiger charge is 2.11. The van der Waals surface area contributed by atoms with Crippen molar-refractivity contribution >= 4 is 5.78 Å². The Hall–Kier alpha value is -1.81. The zero-order valence-corrected chi connectivity index (χ0v) is 9.69. The molecule has 1 aromatic carbocycles. The minimum Gasteiger partial charge on any atom is -0.507 e. The van der Waals surface area contributed by atoms with Crippen LogP contribution in [0.25, 0.3) is 0 Å². The maximum Gasteiger partial charge on any atom is 0.191 e. The van der Waals surface area contributed by atoms with Gasteiger partial charge in [0.15, 0.2) is 5.78 Å². The highest BCUT2D eigenvalue weighted by molar-refractivity contribution is 6.06. The predicted molar refractivity (Wildman–Crippen MR) is 63.0 cm³/mol. The van der Waals surface area contributed by atoms with Gasteiger partial charge in [0.25, 0.3) is 0 Å². The van der Waals surface area contributed by atoms with Gasteiger partial charge in [-0.2, -0.15) is 0 Å². The van der Waals surface area contributed by atoms with Crippen molar-refractivity contribution in [2.24, 2.45) is 5.84 Å². The van der Waals surface area contributed by atoms with E-state index in [4.69, 9.17) is 5.84 Å². The van der Waals surface area contributed by atoms with Crippen LogP contribution in [0, 0.1) is 13.8 Å². The summed E-state index contributed by atoms with van der Waals surface area (Å²) < 4.78 is 0. The Labute approximate surface area is 95.0 Å². The summed E-state index contributed by atoms with van der Waals surface area (Å²) in [6, 6.07) is 3.48. The summed E-state index contributed by atoms with van der Waals surface area (Å²) in [7, 11) is 1.62. The van der Waals surface area contributed by atoms with Crippen LogP contribution in [-0.2, 0) is 0 Å². The number of nitrogens with zero attached hydrogens (tertiary/aromatic N) is 1. The van der Waals surface area contributed by atoms with Crippen LogP contribution in [-0.4, -0.2) is 22.9 Å². The molecule has 0 atom stereocenters. The van der Waals surface area contributed by atoms with Crippen molar-refractivity contribution in [3.05, 3.63) is 41.1 Å². The molecule has 0 fully saturated rings. The van der Waals surface area contributed by atoms with E-state index in [1.165, 1.54) is 17.3 Å². The van der Waals surface area contributed by atoms with Gasteiger partial charge >= 0.3 is 0 Å². The molecule has 0 aliphatic carbocycles. The molecule has 0 radical (unpaired) electrons. The van der Waals surface area contributed by atoms with Crippen LogP contribution in [0.3, 0.4) is 0 Å². The molecule has 0 spiro atoms. The Balaban J connectivity index is 3.09. The van der Waals surface area contributed by atoms with Crippen molar-refractivity contribution in [1.29, 1.82) is 0 Å². The maximum absolute atomic E-state index is 11.7. The van der Waals surface area contributed by atoms with Crippen LogP contribution in [0.1, 0.15) is 21.5 Å². The van der Waals surface area contributed by atoms with Gasteiger partial charge in [0.1, 0.15) is 5.75 Å². The standard InChI is InChI=1S/C12H16N2O2/c1-8-6-9(2)12(16)10(7-8)11(15)4-5-14(3)13/h4-7,16H,13H2,1-3H3/b5-4+. The molecule has 86 valence electrons. The van der Waals surface area contributed by atoms with Gasteiger partial charge in [-0.3, -0.25) is 4.79 Å². The first-order chi connectivity index (χ1) is 7.41. The van der Waals surface area contributed by atoms with Gasteiger partial charge in [0, 0.05) is 19.3 Å². The lowest BCUT2D eigenvalue weighted by Gasteiger charge is -2.07. The zero-order valence-electron chi connectivity index (χ0n) is 9.69. The Morgan fingerprint density at radius 3 is 2.62 bits per heavy atom. The van der Waals surface area contributed by atoms with Gasteiger partial charge in [-0.1, -0.05) is 6.07 Å². The molecule has 0 aliphatic rings. The third kappa shape index (κ3) is 2.84. The molecule has 0 saturated heterocycles. The van der Waals surface area contributed by atoms with Crippen LogP contribution in [0.2, 0.25) is 0 Å². The highest BCUT2D eigenvalue weighted by atomic mass is 16.3. The van der Waals surface area contributed by atoms with Gasteiger partial charge in [-0.15, -0.1) is 0 Å². The minimum atomic E-state index is -0.262. The summed E-state index contributed by atoms with van der Waals surface area (Å²) in [4.78, 5) is 11.7. The highest BCUT2D eigenvalue weighted by Crippen LogP contribution is 2.24. The molecule has 0 aromatic heterocycles. The Bertz CT molecular complexity index is 437. The zero-order chi connectivity index (χ0) is 12.3. The molecule has 0 aliphatic heterocycles. The number of phenols is 1. The molecule has 3 N–H and O–H groups in total. The number of carbonyl (C=O) groups excluding carboxylic acids is 1. The van der Waals surface area contributed by atoms with E-state index in [1.54, 1.807) is 20.0 Å². The molecule has 0 heterocycles. The van der Waals surface area contributed by atoms with Crippen molar-refractivity contribution in [3.63, 3.8) is 0 Å². The molecule has 1 aromatic rings. The normalized spacial score (nSPS) is 10.8. The fourth-order valence-electron chi connectivity index (χ4n) is 1.42. The molecular weight excluding hydrogens is 204 g/mol. The van der Waals surface area contributed by atoms with E-state index in [1.807, 2.05) is 13.0 Å². The van der Waals surface area contributed by atoms with Gasteiger partial charge < -0.3 is 10.1 Å². The number of rotatable bonds is 3. The fourth-order valence-corrected chi connectivity index (χ4v) is 1.42. The number of allylic oxidation sites excluding steroid dienone is 1. The monoisotopic (exact) mass is 220 g/mol.